The molecule has 0 atom stereocenters. The second-order valence-electron chi connectivity index (χ2n) is 0. The third-order valence-electron chi connectivity index (χ3n) is 0. The normalized spacial score (nSPS) is 2.50. The minimum Gasteiger partial charge on any atom is -0.0776 e. The molecule has 0 spiro atoms. The maximum absolute atomic E-state index is 2.00. The summed E-state index contributed by atoms with van der Waals surface area (Å²) in [4.78, 5) is 0. The molecule has 0 aromatic heterocycles. The van der Waals surface area contributed by atoms with Gasteiger partial charge in [0.2, 0.25) is 0 Å². The molecule has 1 heteroatoms. The van der Waals surface area contributed by atoms with E-state index >= 15 is 0 Å². The van der Waals surface area contributed by atoms with Crippen LogP contribution in [-0.4, -0.2) is 0 Å². The Morgan fingerprint density at radius 2 is 0.333 bits per heavy atom. The summed E-state index contributed by atoms with van der Waals surface area (Å²) in [5.41, 5.74) is 0. The van der Waals surface area contributed by atoms with E-state index in [0.29, 0.717) is 0 Å². The van der Waals surface area contributed by atoms with Crippen LogP contribution >= 0.6 is 0 Å². The maximum Gasteiger partial charge on any atom is 0 e. The van der Waals surface area contributed by atoms with Gasteiger partial charge in [-0.1, -0.05) is 76.7 Å². The molecule has 0 saturated heterocycles. The first-order valence-electron chi connectivity index (χ1n) is 5.00. The smallest absolute Gasteiger partial charge is 0 e. The van der Waals surface area contributed by atoms with Gasteiger partial charge >= 0.3 is 0 Å². The van der Waals surface area contributed by atoms with Gasteiger partial charge < -0.3 is 0 Å². The molecule has 0 amide bonds. The van der Waals surface area contributed by atoms with E-state index < -0.39 is 0 Å². The molecule has 0 N–H and O–H groups in total. The van der Waals surface area contributed by atoms with Gasteiger partial charge in [0.25, 0.3) is 0 Å². The van der Waals surface area contributed by atoms with Gasteiger partial charge in [0.1, 0.15) is 0 Å². The number of rotatable bonds is 0. The van der Waals surface area contributed by atoms with Crippen LogP contribution in [0, 0.1) is 0 Å². The average molecular weight is 217 g/mol. The Kier molecular flexibility index (Phi) is 17100. The van der Waals surface area contributed by atoms with Gasteiger partial charge in [-0.25, -0.2) is 0 Å². The molecule has 0 aromatic rings. The first kappa shape index (κ1) is 54.2. The van der Waals surface area contributed by atoms with E-state index in [1.54, 1.807) is 0 Å². The molecular formula is C11H34V. The zero-order valence-electron chi connectivity index (χ0n) is 10.4. The standard InChI is InChI=1S/5C2H6.CH4.V/c5*1-2;;/h5*1-2H3;1H4;. The minimum atomic E-state index is 0. The van der Waals surface area contributed by atoms with Crippen LogP contribution in [0.2, 0.25) is 0 Å². The maximum atomic E-state index is 2.00. The Hall–Kier alpha value is 0.584. The van der Waals surface area contributed by atoms with Crippen molar-refractivity contribution in [1.82, 2.24) is 0 Å². The van der Waals surface area contributed by atoms with Crippen molar-refractivity contribution in [2.24, 2.45) is 0 Å². The fourth-order valence-electron chi connectivity index (χ4n) is 0. The van der Waals surface area contributed by atoms with Crippen LogP contribution in [-0.2, 0) is 18.6 Å². The molecule has 0 aliphatic carbocycles. The quantitative estimate of drug-likeness (QED) is 0.483. The summed E-state index contributed by atoms with van der Waals surface area (Å²) in [6.45, 7) is 20.0. The van der Waals surface area contributed by atoms with Crippen molar-refractivity contribution in [2.75, 3.05) is 0 Å². The molecule has 0 fully saturated rings. The molecule has 12 heavy (non-hydrogen) atoms. The number of hydrogen-bond acceptors (Lipinski definition) is 0. The third-order valence-corrected chi connectivity index (χ3v) is 0. The Morgan fingerprint density at radius 3 is 0.333 bits per heavy atom. The van der Waals surface area contributed by atoms with Crippen molar-refractivity contribution in [1.29, 1.82) is 0 Å². The van der Waals surface area contributed by atoms with Crippen LogP contribution in [0.3, 0.4) is 0 Å². The molecule has 0 aromatic carbocycles. The Balaban J connectivity index is -0.00000000500. The van der Waals surface area contributed by atoms with Crippen molar-refractivity contribution in [3.05, 3.63) is 0 Å². The predicted molar refractivity (Wildman–Crippen MR) is 63.5 cm³/mol. The zero-order chi connectivity index (χ0) is 10.0. The molecule has 0 saturated carbocycles. The first-order chi connectivity index (χ1) is 5.00. The van der Waals surface area contributed by atoms with E-state index in [1.165, 1.54) is 0 Å². The predicted octanol–water partition coefficient (Wildman–Crippen LogP) is 5.76. The SMILES string of the molecule is C.CC.CC.CC.CC.CC.[V]. The monoisotopic (exact) mass is 217 g/mol. The van der Waals surface area contributed by atoms with Crippen molar-refractivity contribution in [2.45, 2.75) is 76.7 Å². The topological polar surface area (TPSA) is 0 Å². The largest absolute Gasteiger partial charge is 0.0776 e. The van der Waals surface area contributed by atoms with Crippen LogP contribution in [0.25, 0.3) is 0 Å². The van der Waals surface area contributed by atoms with Crippen LogP contribution in [0.1, 0.15) is 76.7 Å². The molecule has 0 heterocycles. The van der Waals surface area contributed by atoms with Gasteiger partial charge in [-0.05, 0) is 0 Å². The molecule has 0 aliphatic rings. The summed E-state index contributed by atoms with van der Waals surface area (Å²) < 4.78 is 0. The minimum absolute atomic E-state index is 0. The van der Waals surface area contributed by atoms with Gasteiger partial charge in [-0.15, -0.1) is 0 Å². The number of hydrogen-bond donors (Lipinski definition) is 0. The third kappa shape index (κ3) is 2850. The summed E-state index contributed by atoms with van der Waals surface area (Å²) in [6.07, 6.45) is 0. The van der Waals surface area contributed by atoms with Crippen LogP contribution < -0.4 is 0 Å². The second kappa shape index (κ2) is 3800. The summed E-state index contributed by atoms with van der Waals surface area (Å²) in [5.74, 6) is 0. The van der Waals surface area contributed by atoms with E-state index in [1.807, 2.05) is 69.2 Å². The Morgan fingerprint density at radius 1 is 0.333 bits per heavy atom. The second-order valence-corrected chi connectivity index (χ2v) is 0. The summed E-state index contributed by atoms with van der Waals surface area (Å²) in [7, 11) is 0. The van der Waals surface area contributed by atoms with Gasteiger partial charge in [-0.3, -0.25) is 0 Å². The summed E-state index contributed by atoms with van der Waals surface area (Å²) in [6, 6.07) is 0. The Labute approximate surface area is 95.4 Å². The van der Waals surface area contributed by atoms with Crippen LogP contribution in [0.4, 0.5) is 0 Å². The van der Waals surface area contributed by atoms with Crippen molar-refractivity contribution >= 4 is 0 Å². The van der Waals surface area contributed by atoms with Gasteiger partial charge in [0.15, 0.2) is 0 Å². The average Bonchev–Trinajstić information content (AvgIpc) is 2.20. The van der Waals surface area contributed by atoms with Crippen LogP contribution in [0.5, 0.6) is 0 Å². The first-order valence-corrected chi connectivity index (χ1v) is 5.00. The zero-order valence-corrected chi connectivity index (χ0v) is 11.8. The van der Waals surface area contributed by atoms with Gasteiger partial charge in [0.05, 0.1) is 0 Å². The van der Waals surface area contributed by atoms with Crippen molar-refractivity contribution in [3.8, 4) is 0 Å². The summed E-state index contributed by atoms with van der Waals surface area (Å²) >= 11 is 0. The van der Waals surface area contributed by atoms with E-state index in [-0.39, 0.29) is 26.0 Å². The molecule has 0 aliphatic heterocycles. The van der Waals surface area contributed by atoms with E-state index in [2.05, 4.69) is 0 Å². The molecule has 0 unspecified atom stereocenters. The van der Waals surface area contributed by atoms with E-state index in [4.69, 9.17) is 0 Å². The fourth-order valence-corrected chi connectivity index (χ4v) is 0. The molecule has 0 rings (SSSR count). The van der Waals surface area contributed by atoms with Gasteiger partial charge in [-0.2, -0.15) is 0 Å². The molecular weight excluding hydrogens is 183 g/mol. The van der Waals surface area contributed by atoms with Crippen molar-refractivity contribution in [3.63, 3.8) is 0 Å². The van der Waals surface area contributed by atoms with Gasteiger partial charge in [0, 0.05) is 18.6 Å². The van der Waals surface area contributed by atoms with Crippen LogP contribution in [0.15, 0.2) is 0 Å². The Bertz CT molecular complexity index is 4.97. The fraction of sp³-hybridized carbons (Fsp3) is 1.00. The summed E-state index contributed by atoms with van der Waals surface area (Å²) in [5, 5.41) is 0. The van der Waals surface area contributed by atoms with Crippen molar-refractivity contribution < 1.29 is 18.6 Å². The molecule has 1 radical (unpaired) electrons. The molecule has 83 valence electrons. The van der Waals surface area contributed by atoms with E-state index in [9.17, 15) is 0 Å². The van der Waals surface area contributed by atoms with E-state index in [0.717, 1.165) is 0 Å². The molecule has 0 bridgehead atoms. The molecule has 0 nitrogen and oxygen atoms in total.